The van der Waals surface area contributed by atoms with Gasteiger partial charge in [-0.25, -0.2) is 0 Å². The number of methoxy groups -OCH3 is 1. The van der Waals surface area contributed by atoms with Crippen molar-refractivity contribution in [1.29, 1.82) is 0 Å². The van der Waals surface area contributed by atoms with Crippen molar-refractivity contribution in [2.75, 3.05) is 7.11 Å². The summed E-state index contributed by atoms with van der Waals surface area (Å²) in [7, 11) is 1.56. The lowest BCUT2D eigenvalue weighted by Gasteiger charge is -2.08. The first-order chi connectivity index (χ1) is 8.20. The van der Waals surface area contributed by atoms with Crippen LogP contribution in [-0.4, -0.2) is 7.11 Å². The Bertz CT molecular complexity index is 486. The second kappa shape index (κ2) is 5.44. The van der Waals surface area contributed by atoms with E-state index in [1.165, 1.54) is 5.56 Å². The van der Waals surface area contributed by atoms with Crippen molar-refractivity contribution < 1.29 is 4.74 Å². The highest BCUT2D eigenvalue weighted by Crippen LogP contribution is 2.34. The lowest BCUT2D eigenvalue weighted by Crippen LogP contribution is -1.91. The lowest BCUT2D eigenvalue weighted by atomic mass is 10.1. The molecule has 2 aromatic rings. The zero-order valence-electron chi connectivity index (χ0n) is 9.41. The summed E-state index contributed by atoms with van der Waals surface area (Å²) in [6, 6.07) is 14.0. The van der Waals surface area contributed by atoms with E-state index in [2.05, 4.69) is 12.1 Å². The summed E-state index contributed by atoms with van der Waals surface area (Å²) in [5.74, 6) is 0.533. The van der Waals surface area contributed by atoms with Crippen molar-refractivity contribution in [3.05, 3.63) is 63.6 Å². The van der Waals surface area contributed by atoms with Gasteiger partial charge in [0.05, 0.1) is 17.2 Å². The maximum Gasteiger partial charge on any atom is 0.156 e. The molecule has 0 spiro atoms. The van der Waals surface area contributed by atoms with E-state index in [1.807, 2.05) is 30.3 Å². The molecule has 0 aromatic heterocycles. The molecular formula is C14H12Cl2O. The van der Waals surface area contributed by atoms with Gasteiger partial charge in [0.15, 0.2) is 5.75 Å². The number of benzene rings is 2. The van der Waals surface area contributed by atoms with E-state index in [4.69, 9.17) is 27.9 Å². The number of hydrogen-bond donors (Lipinski definition) is 0. The second-order valence-corrected chi connectivity index (χ2v) is 4.57. The number of halogens is 2. The van der Waals surface area contributed by atoms with E-state index < -0.39 is 0 Å². The van der Waals surface area contributed by atoms with Crippen LogP contribution in [-0.2, 0) is 6.42 Å². The van der Waals surface area contributed by atoms with Crippen LogP contribution in [0.4, 0.5) is 0 Å². The van der Waals surface area contributed by atoms with Gasteiger partial charge in [0, 0.05) is 0 Å². The molecule has 0 fully saturated rings. The first kappa shape index (κ1) is 12.3. The fourth-order valence-electron chi connectivity index (χ4n) is 1.74. The van der Waals surface area contributed by atoms with Gasteiger partial charge in [-0.2, -0.15) is 0 Å². The van der Waals surface area contributed by atoms with Gasteiger partial charge in [0.2, 0.25) is 0 Å². The van der Waals surface area contributed by atoms with E-state index in [0.29, 0.717) is 15.8 Å². The molecule has 0 atom stereocenters. The van der Waals surface area contributed by atoms with Crippen LogP contribution in [0.2, 0.25) is 10.0 Å². The van der Waals surface area contributed by atoms with Gasteiger partial charge in [0.25, 0.3) is 0 Å². The van der Waals surface area contributed by atoms with E-state index in [-0.39, 0.29) is 0 Å². The summed E-state index contributed by atoms with van der Waals surface area (Å²) in [4.78, 5) is 0. The SMILES string of the molecule is COc1c(Cl)cc(Cc2ccccc2)cc1Cl. The molecule has 0 N–H and O–H groups in total. The third kappa shape index (κ3) is 2.93. The molecule has 3 heteroatoms. The smallest absolute Gasteiger partial charge is 0.156 e. The maximum absolute atomic E-state index is 6.09. The van der Waals surface area contributed by atoms with Crippen LogP contribution in [0, 0.1) is 0 Å². The topological polar surface area (TPSA) is 9.23 Å². The predicted octanol–water partition coefficient (Wildman–Crippen LogP) is 4.59. The van der Waals surface area contributed by atoms with Crippen LogP contribution < -0.4 is 4.74 Å². The highest BCUT2D eigenvalue weighted by Gasteiger charge is 2.08. The molecular weight excluding hydrogens is 255 g/mol. The molecule has 0 bridgehead atoms. The average molecular weight is 267 g/mol. The van der Waals surface area contributed by atoms with E-state index in [1.54, 1.807) is 7.11 Å². The van der Waals surface area contributed by atoms with Crippen molar-refractivity contribution in [3.8, 4) is 5.75 Å². The number of ether oxygens (including phenoxy) is 1. The molecule has 88 valence electrons. The van der Waals surface area contributed by atoms with E-state index in [0.717, 1.165) is 12.0 Å². The van der Waals surface area contributed by atoms with Gasteiger partial charge in [-0.05, 0) is 29.7 Å². The second-order valence-electron chi connectivity index (χ2n) is 3.76. The summed E-state index contributed by atoms with van der Waals surface area (Å²) < 4.78 is 5.12. The molecule has 0 amide bonds. The maximum atomic E-state index is 6.09. The minimum absolute atomic E-state index is 0.533. The molecule has 2 aromatic carbocycles. The number of hydrogen-bond acceptors (Lipinski definition) is 1. The predicted molar refractivity (Wildman–Crippen MR) is 72.3 cm³/mol. The Kier molecular flexibility index (Phi) is 3.93. The van der Waals surface area contributed by atoms with Crippen LogP contribution in [0.25, 0.3) is 0 Å². The van der Waals surface area contributed by atoms with Crippen LogP contribution in [0.1, 0.15) is 11.1 Å². The van der Waals surface area contributed by atoms with Gasteiger partial charge in [-0.1, -0.05) is 53.5 Å². The van der Waals surface area contributed by atoms with Crippen LogP contribution in [0.15, 0.2) is 42.5 Å². The molecule has 1 nitrogen and oxygen atoms in total. The lowest BCUT2D eigenvalue weighted by molar-refractivity contribution is 0.415. The molecule has 0 heterocycles. The van der Waals surface area contributed by atoms with Crippen LogP contribution >= 0.6 is 23.2 Å². The minimum Gasteiger partial charge on any atom is -0.494 e. The van der Waals surface area contributed by atoms with Crippen molar-refractivity contribution in [1.82, 2.24) is 0 Å². The molecule has 2 rings (SSSR count). The Hall–Kier alpha value is -1.18. The molecule has 0 saturated heterocycles. The van der Waals surface area contributed by atoms with Crippen molar-refractivity contribution >= 4 is 23.2 Å². The number of rotatable bonds is 3. The highest BCUT2D eigenvalue weighted by atomic mass is 35.5. The fourth-order valence-corrected chi connectivity index (χ4v) is 2.43. The Morgan fingerprint density at radius 3 is 2.06 bits per heavy atom. The van der Waals surface area contributed by atoms with Crippen molar-refractivity contribution in [2.45, 2.75) is 6.42 Å². The Morgan fingerprint density at radius 1 is 0.941 bits per heavy atom. The molecule has 17 heavy (non-hydrogen) atoms. The standard InChI is InChI=1S/C14H12Cl2O/c1-17-14-12(15)8-11(9-13(14)16)7-10-5-3-2-4-6-10/h2-6,8-9H,7H2,1H3. The summed E-state index contributed by atoms with van der Waals surface area (Å²) in [5, 5.41) is 1.09. The van der Waals surface area contributed by atoms with Gasteiger partial charge in [-0.15, -0.1) is 0 Å². The summed E-state index contributed by atoms with van der Waals surface area (Å²) in [5.41, 5.74) is 2.30. The van der Waals surface area contributed by atoms with Crippen LogP contribution in [0.5, 0.6) is 5.75 Å². The van der Waals surface area contributed by atoms with Gasteiger partial charge in [-0.3, -0.25) is 0 Å². The summed E-state index contributed by atoms with van der Waals surface area (Å²) >= 11 is 12.2. The Balaban J connectivity index is 2.29. The molecule has 0 aliphatic carbocycles. The fraction of sp³-hybridized carbons (Fsp3) is 0.143. The van der Waals surface area contributed by atoms with Gasteiger partial charge in [0.1, 0.15) is 0 Å². The Morgan fingerprint density at radius 2 is 1.53 bits per heavy atom. The quantitative estimate of drug-likeness (QED) is 0.790. The first-order valence-electron chi connectivity index (χ1n) is 5.26. The van der Waals surface area contributed by atoms with Crippen molar-refractivity contribution in [3.63, 3.8) is 0 Å². The monoisotopic (exact) mass is 266 g/mol. The largest absolute Gasteiger partial charge is 0.494 e. The molecule has 0 saturated carbocycles. The van der Waals surface area contributed by atoms with E-state index in [9.17, 15) is 0 Å². The Labute approximate surface area is 111 Å². The van der Waals surface area contributed by atoms with Gasteiger partial charge >= 0.3 is 0 Å². The third-order valence-electron chi connectivity index (χ3n) is 2.51. The normalized spacial score (nSPS) is 10.3. The van der Waals surface area contributed by atoms with Gasteiger partial charge < -0.3 is 4.74 Å². The van der Waals surface area contributed by atoms with Crippen LogP contribution in [0.3, 0.4) is 0 Å². The minimum atomic E-state index is 0.533. The highest BCUT2D eigenvalue weighted by molar-refractivity contribution is 6.37. The summed E-state index contributed by atoms with van der Waals surface area (Å²) in [6.07, 6.45) is 0.810. The van der Waals surface area contributed by atoms with E-state index >= 15 is 0 Å². The zero-order valence-corrected chi connectivity index (χ0v) is 10.9. The molecule has 0 radical (unpaired) electrons. The first-order valence-corrected chi connectivity index (χ1v) is 6.02. The third-order valence-corrected chi connectivity index (χ3v) is 3.07. The zero-order chi connectivity index (χ0) is 12.3. The molecule has 0 unspecified atom stereocenters. The summed E-state index contributed by atoms with van der Waals surface area (Å²) in [6.45, 7) is 0. The average Bonchev–Trinajstić information content (AvgIpc) is 2.30. The molecule has 0 aliphatic heterocycles. The molecule has 0 aliphatic rings. The van der Waals surface area contributed by atoms with Crippen molar-refractivity contribution in [2.24, 2.45) is 0 Å².